The van der Waals surface area contributed by atoms with Crippen molar-refractivity contribution in [2.24, 2.45) is 0 Å². The van der Waals surface area contributed by atoms with E-state index in [1.807, 2.05) is 0 Å². The lowest BCUT2D eigenvalue weighted by molar-refractivity contribution is 0.603. The SMILES string of the molecule is CCc1nnc(NC2CCc3ccccc3C2)nc1CC. The van der Waals surface area contributed by atoms with Gasteiger partial charge >= 0.3 is 0 Å². The number of hydrogen-bond acceptors (Lipinski definition) is 4. The van der Waals surface area contributed by atoms with Crippen LogP contribution >= 0.6 is 0 Å². The summed E-state index contributed by atoms with van der Waals surface area (Å²) in [5, 5.41) is 12.0. The molecule has 2 aromatic rings. The van der Waals surface area contributed by atoms with E-state index in [0.717, 1.165) is 43.5 Å². The summed E-state index contributed by atoms with van der Waals surface area (Å²) in [6.45, 7) is 4.21. The summed E-state index contributed by atoms with van der Waals surface area (Å²) in [4.78, 5) is 4.63. The fourth-order valence-corrected chi connectivity index (χ4v) is 3.00. The van der Waals surface area contributed by atoms with Crippen LogP contribution in [0.25, 0.3) is 0 Å². The van der Waals surface area contributed by atoms with Gasteiger partial charge in [-0.2, -0.15) is 5.10 Å². The molecule has 1 unspecified atom stereocenters. The lowest BCUT2D eigenvalue weighted by Gasteiger charge is -2.25. The molecule has 0 saturated carbocycles. The molecule has 0 spiro atoms. The predicted octanol–water partition coefficient (Wildman–Crippen LogP) is 2.97. The Kier molecular flexibility index (Phi) is 4.13. The van der Waals surface area contributed by atoms with Crippen LogP contribution < -0.4 is 5.32 Å². The second-order valence-corrected chi connectivity index (χ2v) is 5.59. The molecule has 0 radical (unpaired) electrons. The lowest BCUT2D eigenvalue weighted by atomic mass is 9.88. The minimum absolute atomic E-state index is 0.402. The zero-order valence-corrected chi connectivity index (χ0v) is 12.8. The van der Waals surface area contributed by atoms with E-state index in [0.29, 0.717) is 12.0 Å². The van der Waals surface area contributed by atoms with Crippen LogP contribution in [-0.4, -0.2) is 21.2 Å². The topological polar surface area (TPSA) is 50.7 Å². The molecule has 1 aromatic carbocycles. The third-order valence-electron chi connectivity index (χ3n) is 4.19. The minimum Gasteiger partial charge on any atom is -0.350 e. The van der Waals surface area contributed by atoms with Gasteiger partial charge in [0.05, 0.1) is 11.4 Å². The molecule has 4 nitrogen and oxygen atoms in total. The molecule has 0 bridgehead atoms. The standard InChI is InChI=1S/C17H22N4/c1-3-15-16(4-2)20-21-17(19-15)18-14-10-9-12-7-5-6-8-13(12)11-14/h5-8,14H,3-4,9-11H2,1-2H3,(H,18,19,21). The first-order valence-electron chi connectivity index (χ1n) is 7.86. The summed E-state index contributed by atoms with van der Waals surface area (Å²) >= 11 is 0. The second-order valence-electron chi connectivity index (χ2n) is 5.59. The van der Waals surface area contributed by atoms with E-state index in [2.05, 4.69) is 58.6 Å². The monoisotopic (exact) mass is 282 g/mol. The third kappa shape index (κ3) is 3.04. The quantitative estimate of drug-likeness (QED) is 0.936. The van der Waals surface area contributed by atoms with Crippen molar-refractivity contribution in [3.8, 4) is 0 Å². The van der Waals surface area contributed by atoms with E-state index < -0.39 is 0 Å². The molecule has 1 atom stereocenters. The molecule has 3 rings (SSSR count). The molecular formula is C17H22N4. The number of nitrogens with zero attached hydrogens (tertiary/aromatic N) is 3. The van der Waals surface area contributed by atoms with E-state index >= 15 is 0 Å². The largest absolute Gasteiger partial charge is 0.350 e. The third-order valence-corrected chi connectivity index (χ3v) is 4.19. The maximum Gasteiger partial charge on any atom is 0.243 e. The molecule has 0 amide bonds. The number of benzene rings is 1. The minimum atomic E-state index is 0.402. The fourth-order valence-electron chi connectivity index (χ4n) is 3.00. The Morgan fingerprint density at radius 1 is 1.05 bits per heavy atom. The molecule has 1 aromatic heterocycles. The molecule has 0 fully saturated rings. The van der Waals surface area contributed by atoms with Gasteiger partial charge in [-0.25, -0.2) is 4.98 Å². The van der Waals surface area contributed by atoms with E-state index in [-0.39, 0.29) is 0 Å². The molecule has 0 aliphatic heterocycles. The van der Waals surface area contributed by atoms with Gasteiger partial charge in [-0.3, -0.25) is 0 Å². The van der Waals surface area contributed by atoms with E-state index in [4.69, 9.17) is 0 Å². The number of anilines is 1. The fraction of sp³-hybridized carbons (Fsp3) is 0.471. The van der Waals surface area contributed by atoms with Crippen molar-refractivity contribution in [3.63, 3.8) is 0 Å². The average molecular weight is 282 g/mol. The van der Waals surface area contributed by atoms with Gasteiger partial charge < -0.3 is 5.32 Å². The van der Waals surface area contributed by atoms with Gasteiger partial charge in [-0.15, -0.1) is 5.10 Å². The highest BCUT2D eigenvalue weighted by Crippen LogP contribution is 2.22. The van der Waals surface area contributed by atoms with Crippen molar-refractivity contribution in [1.82, 2.24) is 15.2 Å². The maximum atomic E-state index is 4.63. The van der Waals surface area contributed by atoms with Crippen LogP contribution in [0.3, 0.4) is 0 Å². The maximum absolute atomic E-state index is 4.63. The zero-order chi connectivity index (χ0) is 14.7. The number of nitrogens with one attached hydrogen (secondary N) is 1. The van der Waals surface area contributed by atoms with E-state index in [1.165, 1.54) is 11.1 Å². The van der Waals surface area contributed by atoms with Gasteiger partial charge in [0.15, 0.2) is 0 Å². The first kappa shape index (κ1) is 14.0. The highest BCUT2D eigenvalue weighted by atomic mass is 15.2. The highest BCUT2D eigenvalue weighted by molar-refractivity contribution is 5.34. The molecule has 21 heavy (non-hydrogen) atoms. The van der Waals surface area contributed by atoms with Gasteiger partial charge in [0.1, 0.15) is 0 Å². The first-order valence-corrected chi connectivity index (χ1v) is 7.86. The Morgan fingerprint density at radius 2 is 1.81 bits per heavy atom. The molecular weight excluding hydrogens is 260 g/mol. The Morgan fingerprint density at radius 3 is 2.57 bits per heavy atom. The van der Waals surface area contributed by atoms with Gasteiger partial charge in [-0.05, 0) is 43.2 Å². The van der Waals surface area contributed by atoms with Crippen LogP contribution in [0.5, 0.6) is 0 Å². The van der Waals surface area contributed by atoms with Crippen LogP contribution in [0.1, 0.15) is 42.8 Å². The summed E-state index contributed by atoms with van der Waals surface area (Å²) < 4.78 is 0. The summed E-state index contributed by atoms with van der Waals surface area (Å²) in [5.74, 6) is 0.674. The average Bonchev–Trinajstić information content (AvgIpc) is 2.54. The molecule has 1 aliphatic carbocycles. The van der Waals surface area contributed by atoms with Gasteiger partial charge in [0.2, 0.25) is 5.95 Å². The Labute approximate surface area is 126 Å². The highest BCUT2D eigenvalue weighted by Gasteiger charge is 2.19. The first-order chi connectivity index (χ1) is 10.3. The smallest absolute Gasteiger partial charge is 0.243 e. The molecule has 4 heteroatoms. The van der Waals surface area contributed by atoms with Crippen LogP contribution in [0.2, 0.25) is 0 Å². The van der Waals surface area contributed by atoms with Crippen molar-refractivity contribution in [2.45, 2.75) is 52.0 Å². The molecule has 1 aliphatic rings. The number of aryl methyl sites for hydroxylation is 3. The predicted molar refractivity (Wildman–Crippen MR) is 84.5 cm³/mol. The summed E-state index contributed by atoms with van der Waals surface area (Å²) in [5.41, 5.74) is 4.99. The molecule has 0 saturated heterocycles. The summed E-state index contributed by atoms with van der Waals surface area (Å²) in [7, 11) is 0. The van der Waals surface area contributed by atoms with Crippen LogP contribution in [0.4, 0.5) is 5.95 Å². The van der Waals surface area contributed by atoms with Gasteiger partial charge in [-0.1, -0.05) is 38.1 Å². The van der Waals surface area contributed by atoms with Gasteiger partial charge in [0, 0.05) is 6.04 Å². The Bertz CT molecular complexity index is 624. The Hall–Kier alpha value is -1.97. The normalized spacial score (nSPS) is 17.3. The van der Waals surface area contributed by atoms with Crippen molar-refractivity contribution < 1.29 is 0 Å². The van der Waals surface area contributed by atoms with Crippen LogP contribution in [0, 0.1) is 0 Å². The van der Waals surface area contributed by atoms with Crippen LogP contribution in [-0.2, 0) is 25.7 Å². The van der Waals surface area contributed by atoms with Crippen LogP contribution in [0.15, 0.2) is 24.3 Å². The molecule has 1 N–H and O–H groups in total. The van der Waals surface area contributed by atoms with E-state index in [1.54, 1.807) is 0 Å². The Balaban J connectivity index is 1.73. The van der Waals surface area contributed by atoms with E-state index in [9.17, 15) is 0 Å². The summed E-state index contributed by atoms with van der Waals surface area (Å²) in [6.07, 6.45) is 5.07. The zero-order valence-electron chi connectivity index (χ0n) is 12.8. The number of aromatic nitrogens is 3. The molecule has 110 valence electrons. The van der Waals surface area contributed by atoms with Crippen molar-refractivity contribution in [2.75, 3.05) is 5.32 Å². The second kappa shape index (κ2) is 6.20. The van der Waals surface area contributed by atoms with Gasteiger partial charge in [0.25, 0.3) is 0 Å². The molecule has 1 heterocycles. The van der Waals surface area contributed by atoms with Crippen molar-refractivity contribution in [3.05, 3.63) is 46.8 Å². The number of rotatable bonds is 4. The van der Waals surface area contributed by atoms with Crippen molar-refractivity contribution >= 4 is 5.95 Å². The number of hydrogen-bond donors (Lipinski definition) is 1. The van der Waals surface area contributed by atoms with Crippen molar-refractivity contribution in [1.29, 1.82) is 0 Å². The number of fused-ring (bicyclic) bond motifs is 1. The summed E-state index contributed by atoms with van der Waals surface area (Å²) in [6, 6.07) is 9.09. The lowest BCUT2D eigenvalue weighted by Crippen LogP contribution is -2.28.